The lowest BCUT2D eigenvalue weighted by Gasteiger charge is -2.21. The van der Waals surface area contributed by atoms with Crippen LogP contribution in [0.5, 0.6) is 0 Å². The first-order valence-electron chi connectivity index (χ1n) is 6.48. The second-order valence-electron chi connectivity index (χ2n) is 5.10. The number of aromatic nitrogens is 1. The molecule has 0 bridgehead atoms. The smallest absolute Gasteiger partial charge is 0.195 e. The molecule has 1 aromatic carbocycles. The molecule has 0 aliphatic carbocycles. The summed E-state index contributed by atoms with van der Waals surface area (Å²) in [5.74, 6) is 1.48. The first-order chi connectivity index (χ1) is 8.72. The Kier molecular flexibility index (Phi) is 3.27. The summed E-state index contributed by atoms with van der Waals surface area (Å²) in [5, 5.41) is 4.14. The van der Waals surface area contributed by atoms with Gasteiger partial charge < -0.3 is 9.73 Å². The zero-order valence-corrected chi connectivity index (χ0v) is 11.3. The van der Waals surface area contributed by atoms with Gasteiger partial charge in [-0.2, -0.15) is 0 Å². The van der Waals surface area contributed by atoms with E-state index in [9.17, 15) is 0 Å². The monoisotopic (exact) mass is 264 g/mol. The van der Waals surface area contributed by atoms with E-state index in [1.807, 2.05) is 19.1 Å². The second kappa shape index (κ2) is 4.90. The Balaban J connectivity index is 1.86. The minimum absolute atomic E-state index is 0.641. The highest BCUT2D eigenvalue weighted by molar-refractivity contribution is 6.31. The Morgan fingerprint density at radius 1 is 1.50 bits per heavy atom. The standard InChI is InChI=1S/C14H17ClN2O/c1-9-5-11(15)7-12-14(9)18-13(17-12)6-10-3-2-4-16-8-10/h5,7,10,16H,2-4,6,8H2,1H3. The minimum atomic E-state index is 0.641. The van der Waals surface area contributed by atoms with Gasteiger partial charge in [0.05, 0.1) is 0 Å². The SMILES string of the molecule is Cc1cc(Cl)cc2nc(CC3CCCNC3)oc12. The number of aryl methyl sites for hydroxylation is 1. The van der Waals surface area contributed by atoms with Gasteiger partial charge in [-0.05, 0) is 56.5 Å². The summed E-state index contributed by atoms with van der Waals surface area (Å²) in [7, 11) is 0. The maximum Gasteiger partial charge on any atom is 0.195 e. The molecule has 2 heterocycles. The lowest BCUT2D eigenvalue weighted by atomic mass is 9.96. The molecule has 1 aliphatic rings. The van der Waals surface area contributed by atoms with Crippen LogP contribution in [0.1, 0.15) is 24.3 Å². The Morgan fingerprint density at radius 3 is 3.17 bits per heavy atom. The van der Waals surface area contributed by atoms with Crippen molar-refractivity contribution in [1.29, 1.82) is 0 Å². The summed E-state index contributed by atoms with van der Waals surface area (Å²) in [5.41, 5.74) is 2.80. The Labute approximate surface area is 112 Å². The van der Waals surface area contributed by atoms with Crippen LogP contribution in [-0.2, 0) is 6.42 Å². The molecule has 1 aliphatic heterocycles. The average molecular weight is 265 g/mol. The van der Waals surface area contributed by atoms with Crippen LogP contribution in [0.25, 0.3) is 11.1 Å². The number of fused-ring (bicyclic) bond motifs is 1. The minimum Gasteiger partial charge on any atom is -0.440 e. The van der Waals surface area contributed by atoms with Crippen molar-refractivity contribution in [2.45, 2.75) is 26.2 Å². The highest BCUT2D eigenvalue weighted by Gasteiger charge is 2.17. The predicted molar refractivity (Wildman–Crippen MR) is 73.1 cm³/mol. The molecule has 96 valence electrons. The van der Waals surface area contributed by atoms with Gasteiger partial charge in [0.15, 0.2) is 11.5 Å². The summed E-state index contributed by atoms with van der Waals surface area (Å²) < 4.78 is 5.86. The normalized spacial score (nSPS) is 20.4. The Bertz CT molecular complexity index is 558. The molecule has 0 amide bonds. The molecule has 1 aromatic heterocycles. The molecule has 1 N–H and O–H groups in total. The van der Waals surface area contributed by atoms with Gasteiger partial charge in [-0.1, -0.05) is 11.6 Å². The lowest BCUT2D eigenvalue weighted by molar-refractivity contribution is 0.349. The summed E-state index contributed by atoms with van der Waals surface area (Å²) in [6.07, 6.45) is 3.42. The molecule has 4 heteroatoms. The van der Waals surface area contributed by atoms with E-state index in [4.69, 9.17) is 16.0 Å². The molecule has 1 unspecified atom stereocenters. The molecule has 0 saturated carbocycles. The second-order valence-corrected chi connectivity index (χ2v) is 5.53. The molecule has 1 saturated heterocycles. The Hall–Kier alpha value is -1.06. The number of piperidine rings is 1. The molecule has 1 atom stereocenters. The van der Waals surface area contributed by atoms with Crippen LogP contribution in [-0.4, -0.2) is 18.1 Å². The van der Waals surface area contributed by atoms with Gasteiger partial charge in [-0.15, -0.1) is 0 Å². The number of nitrogens with one attached hydrogen (secondary N) is 1. The number of hydrogen-bond acceptors (Lipinski definition) is 3. The van der Waals surface area contributed by atoms with Crippen molar-refractivity contribution >= 4 is 22.7 Å². The molecule has 3 rings (SSSR count). The van der Waals surface area contributed by atoms with Crippen LogP contribution in [0.15, 0.2) is 16.5 Å². The number of halogens is 1. The van der Waals surface area contributed by atoms with Crippen molar-refractivity contribution < 1.29 is 4.42 Å². The van der Waals surface area contributed by atoms with E-state index in [0.29, 0.717) is 5.92 Å². The topological polar surface area (TPSA) is 38.1 Å². The number of oxazole rings is 1. The largest absolute Gasteiger partial charge is 0.440 e. The van der Waals surface area contributed by atoms with Crippen LogP contribution in [0.3, 0.4) is 0 Å². The van der Waals surface area contributed by atoms with E-state index in [-0.39, 0.29) is 0 Å². The van der Waals surface area contributed by atoms with E-state index in [2.05, 4.69) is 10.3 Å². The van der Waals surface area contributed by atoms with Crippen molar-refractivity contribution in [3.63, 3.8) is 0 Å². The number of rotatable bonds is 2. The highest BCUT2D eigenvalue weighted by atomic mass is 35.5. The molecule has 0 radical (unpaired) electrons. The van der Waals surface area contributed by atoms with Crippen molar-refractivity contribution in [2.24, 2.45) is 5.92 Å². The van der Waals surface area contributed by atoms with Crippen LogP contribution in [0.4, 0.5) is 0 Å². The third-order valence-corrected chi connectivity index (χ3v) is 3.77. The van der Waals surface area contributed by atoms with E-state index in [1.54, 1.807) is 0 Å². The van der Waals surface area contributed by atoms with Crippen molar-refractivity contribution in [3.05, 3.63) is 28.6 Å². The van der Waals surface area contributed by atoms with Gasteiger partial charge >= 0.3 is 0 Å². The maximum absolute atomic E-state index is 6.03. The average Bonchev–Trinajstić information content (AvgIpc) is 2.73. The van der Waals surface area contributed by atoms with Crippen LogP contribution in [0.2, 0.25) is 5.02 Å². The quantitative estimate of drug-likeness (QED) is 0.904. The van der Waals surface area contributed by atoms with Crippen LogP contribution >= 0.6 is 11.6 Å². The molecule has 2 aromatic rings. The molecule has 0 spiro atoms. The summed E-state index contributed by atoms with van der Waals surface area (Å²) in [6.45, 7) is 4.21. The van der Waals surface area contributed by atoms with E-state index >= 15 is 0 Å². The fraction of sp³-hybridized carbons (Fsp3) is 0.500. The lowest BCUT2D eigenvalue weighted by Crippen LogP contribution is -2.30. The first-order valence-corrected chi connectivity index (χ1v) is 6.86. The summed E-state index contributed by atoms with van der Waals surface area (Å²) in [4.78, 5) is 4.55. The highest BCUT2D eigenvalue weighted by Crippen LogP contribution is 2.26. The van der Waals surface area contributed by atoms with Gasteiger partial charge in [-0.25, -0.2) is 4.98 Å². The van der Waals surface area contributed by atoms with E-state index in [1.165, 1.54) is 12.8 Å². The summed E-state index contributed by atoms with van der Waals surface area (Å²) in [6, 6.07) is 3.79. The van der Waals surface area contributed by atoms with Crippen LogP contribution in [0, 0.1) is 12.8 Å². The molecular formula is C14H17ClN2O. The Morgan fingerprint density at radius 2 is 2.39 bits per heavy atom. The fourth-order valence-corrected chi connectivity index (χ4v) is 2.90. The predicted octanol–water partition coefficient (Wildman–Crippen LogP) is 3.33. The number of hydrogen-bond donors (Lipinski definition) is 1. The zero-order valence-electron chi connectivity index (χ0n) is 10.5. The van der Waals surface area contributed by atoms with Crippen molar-refractivity contribution in [1.82, 2.24) is 10.3 Å². The van der Waals surface area contributed by atoms with Gasteiger partial charge in [0, 0.05) is 11.4 Å². The van der Waals surface area contributed by atoms with Crippen molar-refractivity contribution in [3.8, 4) is 0 Å². The maximum atomic E-state index is 6.03. The molecular weight excluding hydrogens is 248 g/mol. The molecule has 18 heavy (non-hydrogen) atoms. The fourth-order valence-electron chi connectivity index (χ4n) is 2.64. The van der Waals surface area contributed by atoms with Crippen molar-refractivity contribution in [2.75, 3.05) is 13.1 Å². The van der Waals surface area contributed by atoms with Gasteiger partial charge in [0.2, 0.25) is 0 Å². The number of benzene rings is 1. The molecule has 3 nitrogen and oxygen atoms in total. The van der Waals surface area contributed by atoms with Gasteiger partial charge in [0.1, 0.15) is 5.52 Å². The van der Waals surface area contributed by atoms with Gasteiger partial charge in [0.25, 0.3) is 0 Å². The number of nitrogens with zero attached hydrogens (tertiary/aromatic N) is 1. The summed E-state index contributed by atoms with van der Waals surface area (Å²) >= 11 is 6.03. The third-order valence-electron chi connectivity index (χ3n) is 3.55. The van der Waals surface area contributed by atoms with Gasteiger partial charge in [-0.3, -0.25) is 0 Å². The van der Waals surface area contributed by atoms with E-state index < -0.39 is 0 Å². The zero-order chi connectivity index (χ0) is 12.5. The van der Waals surface area contributed by atoms with E-state index in [0.717, 1.165) is 47.1 Å². The third kappa shape index (κ3) is 2.38. The molecule has 1 fully saturated rings. The first kappa shape index (κ1) is 12.0. The van der Waals surface area contributed by atoms with Crippen LogP contribution < -0.4 is 5.32 Å².